The molecule has 0 bridgehead atoms. The van der Waals surface area contributed by atoms with Crippen molar-refractivity contribution in [3.8, 4) is 0 Å². The standard InChI is InChI=1S/C29H38N2.2C27H55.Pd/c1-5-9-11-19-27-26(18-10-6-2)28(24-16-12-14-22(7-3)20-24)31(30)29(27)25-17-13-15-23(8-4)21-25;2*1-3-5-7-9-11-13-15-17-19-21-23-25-27-26-24-22-20-18-16-14-12-10-8-6-4-2;/h12-17,20-21H,5-11,18-19H2,1-4H3;2*1,3-27H2,2H3;. The summed E-state index contributed by atoms with van der Waals surface area (Å²) in [6.07, 6.45) is 84.4. The van der Waals surface area contributed by atoms with E-state index in [0.29, 0.717) is 0 Å². The predicted octanol–water partition coefficient (Wildman–Crippen LogP) is 30.2. The van der Waals surface area contributed by atoms with Crippen LogP contribution in [-0.2, 0) is 30.8 Å². The summed E-state index contributed by atoms with van der Waals surface area (Å²) in [7, 11) is 0. The average molecular weight is 1280 g/mol. The summed E-state index contributed by atoms with van der Waals surface area (Å²) >= 11 is 1.05. The van der Waals surface area contributed by atoms with Gasteiger partial charge in [0.2, 0.25) is 11.4 Å². The first-order valence-electron chi connectivity index (χ1n) is 39.1. The Morgan fingerprint density at radius 1 is 0.267 bits per heavy atom. The molecule has 2 aromatic carbocycles. The molecule has 0 saturated carbocycles. The van der Waals surface area contributed by atoms with E-state index >= 15 is 0 Å². The average Bonchev–Trinajstić information content (AvgIpc) is 1.88. The molecule has 0 atom stereocenters. The van der Waals surface area contributed by atoms with Gasteiger partial charge in [-0.1, -0.05) is 265 Å². The van der Waals surface area contributed by atoms with Crippen LogP contribution in [0.4, 0.5) is 0 Å². The van der Waals surface area contributed by atoms with E-state index in [2.05, 4.69) is 90.1 Å². The molecule has 2 aromatic rings. The van der Waals surface area contributed by atoms with E-state index in [4.69, 9.17) is 0 Å². The molecule has 0 unspecified atom stereocenters. The van der Waals surface area contributed by atoms with E-state index in [9.17, 15) is 5.53 Å². The van der Waals surface area contributed by atoms with Gasteiger partial charge in [0, 0.05) is 22.3 Å². The summed E-state index contributed by atoms with van der Waals surface area (Å²) in [5.74, 6) is 0. The summed E-state index contributed by atoms with van der Waals surface area (Å²) in [6.45, 7) is 13.5. The second-order valence-electron chi connectivity index (χ2n) is 27.1. The van der Waals surface area contributed by atoms with E-state index < -0.39 is 0 Å². The van der Waals surface area contributed by atoms with Gasteiger partial charge < -0.3 is 5.53 Å². The molecule has 3 heteroatoms. The van der Waals surface area contributed by atoms with Crippen molar-refractivity contribution in [2.24, 2.45) is 0 Å². The van der Waals surface area contributed by atoms with Crippen LogP contribution in [-0.4, -0.2) is 4.70 Å². The van der Waals surface area contributed by atoms with Gasteiger partial charge in [-0.2, -0.15) is 0 Å². The Bertz CT molecular complexity index is 1800. The smallest absolute Gasteiger partial charge is 0.0654 e. The van der Waals surface area contributed by atoms with Crippen LogP contribution in [0.2, 0.25) is 9.79 Å². The summed E-state index contributed by atoms with van der Waals surface area (Å²) in [4.78, 5) is 3.10. The number of allylic oxidation sites excluding steroid dienone is 2. The normalized spacial score (nSPS) is 12.6. The van der Waals surface area contributed by atoms with Gasteiger partial charge in [0.15, 0.2) is 0 Å². The van der Waals surface area contributed by atoms with Crippen molar-refractivity contribution in [1.29, 1.82) is 0 Å². The van der Waals surface area contributed by atoms with Crippen LogP contribution in [0.15, 0.2) is 59.7 Å². The molecule has 0 radical (unpaired) electrons. The first-order valence-corrected chi connectivity index (χ1v) is 41.3. The van der Waals surface area contributed by atoms with Crippen molar-refractivity contribution in [3.63, 3.8) is 0 Å². The molecular weight excluding hydrogens is 1130 g/mol. The molecule has 1 aliphatic heterocycles. The Balaban J connectivity index is 0.000000679. The summed E-state index contributed by atoms with van der Waals surface area (Å²) in [5.41, 5.74) is 21.1. The van der Waals surface area contributed by atoms with Crippen LogP contribution in [0.3, 0.4) is 0 Å². The molecule has 500 valence electrons. The molecule has 0 aliphatic carbocycles. The zero-order valence-corrected chi connectivity index (χ0v) is 60.5. The monoisotopic (exact) mass is 1280 g/mol. The van der Waals surface area contributed by atoms with Crippen LogP contribution in [0, 0.1) is 0 Å². The molecule has 3 rings (SSSR count). The van der Waals surface area contributed by atoms with Crippen molar-refractivity contribution in [1.82, 2.24) is 0 Å². The molecule has 0 N–H and O–H groups in total. The molecule has 0 amide bonds. The molecule has 0 aromatic heterocycles. The van der Waals surface area contributed by atoms with Crippen molar-refractivity contribution in [2.45, 2.75) is 430 Å². The zero-order valence-electron chi connectivity index (χ0n) is 59.0. The van der Waals surface area contributed by atoms with Gasteiger partial charge in [-0.05, 0) is 73.9 Å². The minimum Gasteiger partial charge on any atom is -0.0654 e. The number of aryl methyl sites for hydroxylation is 2. The number of unbranched alkanes of at least 4 members (excludes halogenated alkanes) is 51. The Morgan fingerprint density at radius 2 is 0.488 bits per heavy atom. The van der Waals surface area contributed by atoms with Gasteiger partial charge in [0.1, 0.15) is 0 Å². The van der Waals surface area contributed by atoms with Crippen molar-refractivity contribution >= 4 is 11.4 Å². The molecular formula is C83H148N2Pd. The number of rotatable bonds is 63. The van der Waals surface area contributed by atoms with E-state index in [1.165, 1.54) is 361 Å². The van der Waals surface area contributed by atoms with Crippen LogP contribution in [0.1, 0.15) is 430 Å². The molecule has 2 nitrogen and oxygen atoms in total. The SMILES string of the molecule is CCCCCC1=C(c2cccc(CC)c2)[N+](=[N-])C(c2cccc(CC)c2)=C1CCCC.CCCCCCCCCCCCCCCCCCCCCCCCCC[CH2][Pd][CH2]CCCCCCCCCCCCCCCCCCCCCCCCCC. The predicted molar refractivity (Wildman–Crippen MR) is 385 cm³/mol. The molecule has 1 aliphatic rings. The van der Waals surface area contributed by atoms with E-state index in [0.717, 1.165) is 85.4 Å². The van der Waals surface area contributed by atoms with Gasteiger partial charge in [-0.3, -0.25) is 0 Å². The van der Waals surface area contributed by atoms with Crippen LogP contribution in [0.5, 0.6) is 0 Å². The first-order chi connectivity index (χ1) is 42.6. The maximum absolute atomic E-state index is 11.6. The number of hydrogen-bond donors (Lipinski definition) is 0. The summed E-state index contributed by atoms with van der Waals surface area (Å²) < 4.78 is 1.51. The summed E-state index contributed by atoms with van der Waals surface area (Å²) in [5, 5.41) is 0. The van der Waals surface area contributed by atoms with E-state index in [1.807, 2.05) is 0 Å². The fraction of sp³-hybridized carbons (Fsp3) is 0.807. The van der Waals surface area contributed by atoms with E-state index in [1.54, 1.807) is 9.79 Å². The third-order valence-electron chi connectivity index (χ3n) is 19.0. The molecule has 0 spiro atoms. The van der Waals surface area contributed by atoms with Crippen LogP contribution >= 0.6 is 0 Å². The first kappa shape index (κ1) is 80.3. The Morgan fingerprint density at radius 3 is 0.733 bits per heavy atom. The molecule has 1 heterocycles. The Kier molecular flexibility index (Phi) is 57.9. The number of nitrogens with zero attached hydrogens (tertiary/aromatic N) is 2. The minimum atomic E-state index is 0.993. The van der Waals surface area contributed by atoms with Crippen molar-refractivity contribution in [2.75, 3.05) is 0 Å². The molecule has 0 saturated heterocycles. The van der Waals surface area contributed by atoms with Crippen molar-refractivity contribution in [3.05, 3.63) is 87.5 Å². The van der Waals surface area contributed by atoms with Crippen LogP contribution in [0.25, 0.3) is 16.9 Å². The minimum absolute atomic E-state index is 0.993. The van der Waals surface area contributed by atoms with Crippen LogP contribution < -0.4 is 0 Å². The quantitative estimate of drug-likeness (QED) is 0.0358. The maximum atomic E-state index is 11.6. The zero-order chi connectivity index (χ0) is 61.7. The van der Waals surface area contributed by atoms with Gasteiger partial charge in [-0.15, -0.1) is 0 Å². The second-order valence-corrected chi connectivity index (χ2v) is 29.4. The van der Waals surface area contributed by atoms with Gasteiger partial charge >= 0.3 is 169 Å². The molecule has 0 fully saturated rings. The number of benzene rings is 2. The van der Waals surface area contributed by atoms with Gasteiger partial charge in [0.25, 0.3) is 0 Å². The topological polar surface area (TPSA) is 25.3 Å². The Labute approximate surface area is 548 Å². The Hall–Kier alpha value is -1.82. The third-order valence-corrected chi connectivity index (χ3v) is 21.2. The van der Waals surface area contributed by atoms with Gasteiger partial charge in [0.05, 0.1) is 0 Å². The molecule has 86 heavy (non-hydrogen) atoms. The summed E-state index contributed by atoms with van der Waals surface area (Å²) in [6, 6.07) is 17.4. The third kappa shape index (κ3) is 43.8. The fourth-order valence-electron chi connectivity index (χ4n) is 13.2. The van der Waals surface area contributed by atoms with Crippen molar-refractivity contribution < 1.29 is 22.7 Å². The van der Waals surface area contributed by atoms with Gasteiger partial charge in [-0.25, -0.2) is 4.70 Å². The fourth-order valence-corrected chi connectivity index (χ4v) is 15.2. The second kappa shape index (κ2) is 62.0. The number of hydrogen-bond acceptors (Lipinski definition) is 0. The van der Waals surface area contributed by atoms with E-state index in [-0.39, 0.29) is 0 Å².